The van der Waals surface area contributed by atoms with Gasteiger partial charge in [-0.2, -0.15) is 13.2 Å². The summed E-state index contributed by atoms with van der Waals surface area (Å²) >= 11 is 0. The molecule has 0 radical (unpaired) electrons. The second kappa shape index (κ2) is 7.03. The zero-order valence-electron chi connectivity index (χ0n) is 15.7. The van der Waals surface area contributed by atoms with Gasteiger partial charge in [-0.25, -0.2) is 30.9 Å². The van der Waals surface area contributed by atoms with Gasteiger partial charge >= 0.3 is 6.18 Å². The van der Waals surface area contributed by atoms with Crippen LogP contribution in [0.2, 0.25) is 0 Å². The lowest BCUT2D eigenvalue weighted by Crippen LogP contribution is -2.57. The van der Waals surface area contributed by atoms with Gasteiger partial charge in [-0.05, 0) is 36.8 Å². The first-order valence-electron chi connectivity index (χ1n) is 8.59. The average Bonchev–Trinajstić information content (AvgIpc) is 2.62. The quantitative estimate of drug-likeness (QED) is 0.693. The summed E-state index contributed by atoms with van der Waals surface area (Å²) in [5, 5.41) is -1.72. The van der Waals surface area contributed by atoms with Gasteiger partial charge in [0.05, 0.1) is 11.1 Å². The van der Waals surface area contributed by atoms with E-state index in [1.807, 2.05) is 0 Å². The predicted molar refractivity (Wildman–Crippen MR) is 97.7 cm³/mol. The molecule has 0 saturated heterocycles. The van der Waals surface area contributed by atoms with Crippen LogP contribution in [0.1, 0.15) is 23.3 Å². The minimum absolute atomic E-state index is 0.135. The van der Waals surface area contributed by atoms with Crippen LogP contribution in [0, 0.1) is 5.92 Å². The summed E-state index contributed by atoms with van der Waals surface area (Å²) in [5.74, 6) is -4.95. The molecule has 0 fully saturated rings. The summed E-state index contributed by atoms with van der Waals surface area (Å²) < 4.78 is 108. The third-order valence-electron chi connectivity index (χ3n) is 5.31. The van der Waals surface area contributed by atoms with E-state index in [1.54, 1.807) is 0 Å². The number of hydrogen-bond acceptors (Lipinski definition) is 4. The predicted octanol–water partition coefficient (Wildman–Crippen LogP) is 3.77. The molecule has 12 heteroatoms. The number of allylic oxidation sites excluding steroid dienone is 3. The number of nitrogens with two attached hydrogens (primary N) is 1. The van der Waals surface area contributed by atoms with Crippen molar-refractivity contribution in [3.05, 3.63) is 59.2 Å². The van der Waals surface area contributed by atoms with Gasteiger partial charge in [-0.3, -0.25) is 0 Å². The van der Waals surface area contributed by atoms with Gasteiger partial charge in [0.25, 0.3) is 0 Å². The molecule has 1 heterocycles. The summed E-state index contributed by atoms with van der Waals surface area (Å²) in [7, 11) is -3.32. The lowest BCUT2D eigenvalue weighted by Gasteiger charge is -2.45. The Balaban J connectivity index is 2.21. The van der Waals surface area contributed by atoms with Gasteiger partial charge in [0.2, 0.25) is 16.0 Å². The van der Waals surface area contributed by atoms with Crippen molar-refractivity contribution >= 4 is 16.0 Å². The number of aliphatic imine (C=N–C) groups is 1. The summed E-state index contributed by atoms with van der Waals surface area (Å²) in [6.07, 6.45) is -5.88. The molecule has 1 aromatic carbocycles. The number of sulfonamides is 1. The van der Waals surface area contributed by atoms with Crippen molar-refractivity contribution in [2.75, 3.05) is 7.05 Å². The Bertz CT molecular complexity index is 1050. The third-order valence-corrected chi connectivity index (χ3v) is 7.60. The van der Waals surface area contributed by atoms with Crippen LogP contribution >= 0.6 is 0 Å². The molecule has 3 rings (SSSR count). The summed E-state index contributed by atoms with van der Waals surface area (Å²) in [6.45, 7) is 1.19. The Morgan fingerprint density at radius 2 is 1.63 bits per heavy atom. The maximum atomic E-state index is 14.7. The smallest absolute Gasteiger partial charge is 0.369 e. The van der Waals surface area contributed by atoms with Crippen molar-refractivity contribution in [1.82, 2.24) is 4.31 Å². The lowest BCUT2D eigenvalue weighted by molar-refractivity contribution is -0.137. The fourth-order valence-corrected chi connectivity index (χ4v) is 5.65. The van der Waals surface area contributed by atoms with E-state index in [1.165, 1.54) is 6.92 Å². The SMILES string of the molecule is CN1C(N)=N[C@](C)(C2C=C(F)C(F)=CC2F)[C@@H](c2ccc(C(F)(F)F)cc2)S1(=O)=O. The standard InChI is InChI=1S/C18H17F6N3O2S/c1-17(11-7-13(20)14(21)8-12(11)19)15(30(28,29)27(2)16(25)26-17)9-3-5-10(6-4-9)18(22,23)24/h3-8,11-12,15H,1-2H3,(H2,25,26)/t11?,12?,15-,17-/m1/s1. The first-order chi connectivity index (χ1) is 13.7. The molecule has 0 spiro atoms. The van der Waals surface area contributed by atoms with Crippen LogP contribution in [0.4, 0.5) is 26.3 Å². The Hall–Kier alpha value is -2.50. The minimum atomic E-state index is -4.66. The number of alkyl halides is 4. The van der Waals surface area contributed by atoms with E-state index in [0.717, 1.165) is 19.2 Å². The molecule has 2 N–H and O–H groups in total. The van der Waals surface area contributed by atoms with Gasteiger partial charge in [0.15, 0.2) is 11.7 Å². The highest BCUT2D eigenvalue weighted by Gasteiger charge is 2.56. The zero-order chi connectivity index (χ0) is 22.6. The summed E-state index contributed by atoms with van der Waals surface area (Å²) in [6, 6.07) is 3.22. The van der Waals surface area contributed by atoms with Crippen molar-refractivity contribution < 1.29 is 34.8 Å². The Kier molecular flexibility index (Phi) is 5.20. The van der Waals surface area contributed by atoms with Crippen molar-refractivity contribution in [3.8, 4) is 0 Å². The first kappa shape index (κ1) is 22.2. The van der Waals surface area contributed by atoms with Crippen molar-refractivity contribution in [3.63, 3.8) is 0 Å². The largest absolute Gasteiger partial charge is 0.416 e. The highest BCUT2D eigenvalue weighted by molar-refractivity contribution is 7.90. The summed E-state index contributed by atoms with van der Waals surface area (Å²) in [4.78, 5) is 4.07. The minimum Gasteiger partial charge on any atom is -0.369 e. The molecular weight excluding hydrogens is 436 g/mol. The normalized spacial score (nSPS) is 31.7. The van der Waals surface area contributed by atoms with Crippen LogP contribution in [0.3, 0.4) is 0 Å². The molecule has 1 aliphatic carbocycles. The molecular formula is C18H17F6N3O2S. The fourth-order valence-electron chi connectivity index (χ4n) is 3.71. The van der Waals surface area contributed by atoms with Crippen LogP contribution in [-0.4, -0.2) is 37.4 Å². The molecule has 164 valence electrons. The number of hydrogen-bond donors (Lipinski definition) is 1. The van der Waals surface area contributed by atoms with E-state index < -0.39 is 62.3 Å². The molecule has 4 atom stereocenters. The molecule has 1 aliphatic heterocycles. The number of nitrogens with zero attached hydrogens (tertiary/aromatic N) is 2. The molecule has 0 saturated carbocycles. The molecule has 0 amide bonds. The van der Waals surface area contributed by atoms with Crippen LogP contribution in [0.5, 0.6) is 0 Å². The van der Waals surface area contributed by atoms with E-state index >= 15 is 0 Å². The van der Waals surface area contributed by atoms with Crippen LogP contribution in [0.25, 0.3) is 0 Å². The maximum Gasteiger partial charge on any atom is 0.416 e. The van der Waals surface area contributed by atoms with Crippen LogP contribution < -0.4 is 5.73 Å². The van der Waals surface area contributed by atoms with E-state index in [0.29, 0.717) is 28.6 Å². The molecule has 5 nitrogen and oxygen atoms in total. The molecule has 2 aliphatic rings. The van der Waals surface area contributed by atoms with Gasteiger partial charge in [0.1, 0.15) is 11.4 Å². The Labute approximate surface area is 168 Å². The second-order valence-corrected chi connectivity index (χ2v) is 9.26. The van der Waals surface area contributed by atoms with E-state index in [4.69, 9.17) is 5.73 Å². The van der Waals surface area contributed by atoms with Crippen molar-refractivity contribution in [2.45, 2.75) is 30.1 Å². The number of rotatable bonds is 2. The monoisotopic (exact) mass is 453 g/mol. The number of guanidine groups is 1. The first-order valence-corrected chi connectivity index (χ1v) is 10.1. The zero-order valence-corrected chi connectivity index (χ0v) is 16.5. The molecule has 0 bridgehead atoms. The van der Waals surface area contributed by atoms with Crippen molar-refractivity contribution in [1.29, 1.82) is 0 Å². The third kappa shape index (κ3) is 3.46. The Morgan fingerprint density at radius 3 is 2.17 bits per heavy atom. The maximum absolute atomic E-state index is 14.7. The highest BCUT2D eigenvalue weighted by Crippen LogP contribution is 2.49. The lowest BCUT2D eigenvalue weighted by atomic mass is 9.75. The molecule has 0 aromatic heterocycles. The van der Waals surface area contributed by atoms with Crippen LogP contribution in [0.15, 0.2) is 53.1 Å². The second-order valence-electron chi connectivity index (χ2n) is 7.21. The summed E-state index contributed by atoms with van der Waals surface area (Å²) in [5.41, 5.74) is 2.55. The highest BCUT2D eigenvalue weighted by atomic mass is 32.2. The number of benzene rings is 1. The molecule has 1 aromatic rings. The molecule has 2 unspecified atom stereocenters. The molecule has 30 heavy (non-hydrogen) atoms. The number of halogens is 6. The Morgan fingerprint density at radius 1 is 1.10 bits per heavy atom. The fraction of sp³-hybridized carbons (Fsp3) is 0.389. The topological polar surface area (TPSA) is 75.8 Å². The van der Waals surface area contributed by atoms with Gasteiger partial charge < -0.3 is 5.73 Å². The van der Waals surface area contributed by atoms with E-state index in [2.05, 4.69) is 4.99 Å². The van der Waals surface area contributed by atoms with Crippen LogP contribution in [-0.2, 0) is 16.2 Å². The van der Waals surface area contributed by atoms with Gasteiger partial charge in [0, 0.05) is 13.0 Å². The average molecular weight is 453 g/mol. The van der Waals surface area contributed by atoms with E-state index in [-0.39, 0.29) is 5.56 Å². The van der Waals surface area contributed by atoms with Gasteiger partial charge in [-0.15, -0.1) is 0 Å². The van der Waals surface area contributed by atoms with Crippen molar-refractivity contribution in [2.24, 2.45) is 16.6 Å². The van der Waals surface area contributed by atoms with E-state index in [9.17, 15) is 34.8 Å². The van der Waals surface area contributed by atoms with Gasteiger partial charge in [-0.1, -0.05) is 12.1 Å².